The molecular weight excluding hydrogens is 174 g/mol. The quantitative estimate of drug-likeness (QED) is 0.699. The van der Waals surface area contributed by atoms with E-state index >= 15 is 0 Å². The zero-order valence-electron chi connectivity index (χ0n) is 9.84. The van der Waals surface area contributed by atoms with E-state index in [1.165, 1.54) is 0 Å². The standard InChI is InChI=1S/C12H23NO/c1-6-9(2)13-10-7-11(8-10)14-12(3,4)5/h6,9-11,13H,1,7-8H2,2-5H3. The van der Waals surface area contributed by atoms with Gasteiger partial charge in [-0.1, -0.05) is 6.08 Å². The lowest BCUT2D eigenvalue weighted by atomic mass is 9.88. The molecule has 82 valence electrons. The van der Waals surface area contributed by atoms with E-state index in [0.29, 0.717) is 18.2 Å². The van der Waals surface area contributed by atoms with Crippen molar-refractivity contribution in [3.05, 3.63) is 12.7 Å². The van der Waals surface area contributed by atoms with E-state index in [9.17, 15) is 0 Å². The number of rotatable bonds is 4. The van der Waals surface area contributed by atoms with E-state index in [2.05, 4.69) is 39.6 Å². The zero-order valence-corrected chi connectivity index (χ0v) is 9.84. The van der Waals surface area contributed by atoms with Crippen LogP contribution in [0.4, 0.5) is 0 Å². The Morgan fingerprint density at radius 2 is 2.00 bits per heavy atom. The Bertz CT molecular complexity index is 189. The maximum atomic E-state index is 5.85. The molecule has 1 N–H and O–H groups in total. The minimum Gasteiger partial charge on any atom is -0.373 e. The highest BCUT2D eigenvalue weighted by atomic mass is 16.5. The Morgan fingerprint density at radius 3 is 2.43 bits per heavy atom. The molecule has 0 aromatic heterocycles. The molecule has 0 radical (unpaired) electrons. The van der Waals surface area contributed by atoms with Gasteiger partial charge in [0.25, 0.3) is 0 Å². The molecule has 0 spiro atoms. The molecule has 0 aromatic rings. The summed E-state index contributed by atoms with van der Waals surface area (Å²) in [5, 5.41) is 3.48. The van der Waals surface area contributed by atoms with E-state index in [-0.39, 0.29) is 5.60 Å². The third-order valence-electron chi connectivity index (χ3n) is 2.47. The lowest BCUT2D eigenvalue weighted by molar-refractivity contribution is -0.103. The molecule has 1 aliphatic rings. The highest BCUT2D eigenvalue weighted by molar-refractivity contribution is 4.92. The van der Waals surface area contributed by atoms with E-state index in [1.54, 1.807) is 0 Å². The van der Waals surface area contributed by atoms with Gasteiger partial charge in [0.1, 0.15) is 0 Å². The first-order valence-electron chi connectivity index (χ1n) is 5.47. The van der Waals surface area contributed by atoms with Gasteiger partial charge < -0.3 is 10.1 Å². The summed E-state index contributed by atoms with van der Waals surface area (Å²) in [5.74, 6) is 0. The molecule has 2 heteroatoms. The number of hydrogen-bond donors (Lipinski definition) is 1. The fourth-order valence-corrected chi connectivity index (χ4v) is 1.74. The van der Waals surface area contributed by atoms with Crippen LogP contribution in [0.15, 0.2) is 12.7 Å². The zero-order chi connectivity index (χ0) is 10.8. The van der Waals surface area contributed by atoms with Gasteiger partial charge in [-0.2, -0.15) is 0 Å². The van der Waals surface area contributed by atoms with Gasteiger partial charge in [-0.25, -0.2) is 0 Å². The Balaban J connectivity index is 2.14. The monoisotopic (exact) mass is 197 g/mol. The van der Waals surface area contributed by atoms with Gasteiger partial charge in [-0.3, -0.25) is 0 Å². The van der Waals surface area contributed by atoms with Crippen molar-refractivity contribution in [1.29, 1.82) is 0 Å². The first-order valence-corrected chi connectivity index (χ1v) is 5.47. The minimum atomic E-state index is -0.000308. The predicted molar refractivity (Wildman–Crippen MR) is 60.4 cm³/mol. The molecule has 0 aliphatic heterocycles. The summed E-state index contributed by atoms with van der Waals surface area (Å²) in [5.41, 5.74) is -0.000308. The molecule has 0 aromatic carbocycles. The molecule has 14 heavy (non-hydrogen) atoms. The molecule has 0 bridgehead atoms. The molecule has 2 nitrogen and oxygen atoms in total. The van der Waals surface area contributed by atoms with Crippen molar-refractivity contribution in [2.75, 3.05) is 0 Å². The lowest BCUT2D eigenvalue weighted by Crippen LogP contribution is -2.49. The average Bonchev–Trinajstić information content (AvgIpc) is 1.97. The van der Waals surface area contributed by atoms with Crippen LogP contribution < -0.4 is 5.32 Å². The second-order valence-electron chi connectivity index (χ2n) is 5.21. The van der Waals surface area contributed by atoms with Gasteiger partial charge in [0.2, 0.25) is 0 Å². The van der Waals surface area contributed by atoms with Crippen molar-refractivity contribution in [2.45, 2.75) is 64.3 Å². The smallest absolute Gasteiger partial charge is 0.0612 e. The molecule has 0 amide bonds. The van der Waals surface area contributed by atoms with Crippen LogP contribution in [0.3, 0.4) is 0 Å². The van der Waals surface area contributed by atoms with Crippen LogP contribution in [-0.4, -0.2) is 23.8 Å². The van der Waals surface area contributed by atoms with Gasteiger partial charge in [0.05, 0.1) is 11.7 Å². The third kappa shape index (κ3) is 3.81. The van der Waals surface area contributed by atoms with Crippen LogP contribution in [0.2, 0.25) is 0 Å². The van der Waals surface area contributed by atoms with Crippen LogP contribution in [0.5, 0.6) is 0 Å². The van der Waals surface area contributed by atoms with E-state index < -0.39 is 0 Å². The van der Waals surface area contributed by atoms with Crippen molar-refractivity contribution >= 4 is 0 Å². The summed E-state index contributed by atoms with van der Waals surface area (Å²) in [6.45, 7) is 12.2. The molecule has 1 saturated carbocycles. The second kappa shape index (κ2) is 4.45. The molecule has 1 aliphatic carbocycles. The summed E-state index contributed by atoms with van der Waals surface area (Å²) in [7, 11) is 0. The predicted octanol–water partition coefficient (Wildman–Crippen LogP) is 2.50. The highest BCUT2D eigenvalue weighted by Crippen LogP contribution is 2.27. The fourth-order valence-electron chi connectivity index (χ4n) is 1.74. The summed E-state index contributed by atoms with van der Waals surface area (Å²) in [6.07, 6.45) is 4.66. The Hall–Kier alpha value is -0.340. The summed E-state index contributed by atoms with van der Waals surface area (Å²) in [4.78, 5) is 0. The van der Waals surface area contributed by atoms with Crippen molar-refractivity contribution in [3.63, 3.8) is 0 Å². The van der Waals surface area contributed by atoms with Crippen LogP contribution in [0.1, 0.15) is 40.5 Å². The summed E-state index contributed by atoms with van der Waals surface area (Å²) in [6, 6.07) is 1.03. The molecule has 0 heterocycles. The number of hydrogen-bond acceptors (Lipinski definition) is 2. The van der Waals surface area contributed by atoms with Crippen LogP contribution in [0, 0.1) is 0 Å². The second-order valence-corrected chi connectivity index (χ2v) is 5.21. The Labute approximate surface area is 87.7 Å². The van der Waals surface area contributed by atoms with Gasteiger partial charge in [0.15, 0.2) is 0 Å². The van der Waals surface area contributed by atoms with Crippen LogP contribution in [-0.2, 0) is 4.74 Å². The third-order valence-corrected chi connectivity index (χ3v) is 2.47. The first kappa shape index (κ1) is 11.7. The average molecular weight is 197 g/mol. The maximum Gasteiger partial charge on any atom is 0.0612 e. The minimum absolute atomic E-state index is 0.000308. The van der Waals surface area contributed by atoms with E-state index in [0.717, 1.165) is 12.8 Å². The molecule has 1 atom stereocenters. The van der Waals surface area contributed by atoms with Gasteiger partial charge >= 0.3 is 0 Å². The van der Waals surface area contributed by atoms with Crippen molar-refractivity contribution in [1.82, 2.24) is 5.32 Å². The van der Waals surface area contributed by atoms with E-state index in [4.69, 9.17) is 4.74 Å². The summed E-state index contributed by atoms with van der Waals surface area (Å²) >= 11 is 0. The van der Waals surface area contributed by atoms with Crippen molar-refractivity contribution in [3.8, 4) is 0 Å². The largest absolute Gasteiger partial charge is 0.373 e. The van der Waals surface area contributed by atoms with E-state index in [1.807, 2.05) is 6.08 Å². The molecule has 1 rings (SSSR count). The summed E-state index contributed by atoms with van der Waals surface area (Å²) < 4.78 is 5.85. The van der Waals surface area contributed by atoms with Gasteiger partial charge in [0, 0.05) is 12.1 Å². The first-order chi connectivity index (χ1) is 6.40. The maximum absolute atomic E-state index is 5.85. The number of nitrogens with one attached hydrogen (secondary N) is 1. The lowest BCUT2D eigenvalue weighted by Gasteiger charge is -2.40. The van der Waals surface area contributed by atoms with Crippen LogP contribution in [0.25, 0.3) is 0 Å². The molecule has 1 unspecified atom stereocenters. The van der Waals surface area contributed by atoms with Gasteiger partial charge in [-0.05, 0) is 40.5 Å². The van der Waals surface area contributed by atoms with Gasteiger partial charge in [-0.15, -0.1) is 6.58 Å². The fraction of sp³-hybridized carbons (Fsp3) is 0.833. The Kier molecular flexibility index (Phi) is 3.73. The highest BCUT2D eigenvalue weighted by Gasteiger charge is 2.32. The normalized spacial score (nSPS) is 29.4. The molecular formula is C12H23NO. The van der Waals surface area contributed by atoms with Crippen LogP contribution >= 0.6 is 0 Å². The topological polar surface area (TPSA) is 21.3 Å². The molecule has 1 fully saturated rings. The SMILES string of the molecule is C=CC(C)NC1CC(OC(C)(C)C)C1. The Morgan fingerprint density at radius 1 is 1.43 bits per heavy atom. The number of ether oxygens (including phenoxy) is 1. The van der Waals surface area contributed by atoms with Crippen molar-refractivity contribution < 1.29 is 4.74 Å². The van der Waals surface area contributed by atoms with Crippen molar-refractivity contribution in [2.24, 2.45) is 0 Å². The molecule has 0 saturated heterocycles.